The molecule has 0 radical (unpaired) electrons. The molecule has 15 nitrogen and oxygen atoms in total. The highest BCUT2D eigenvalue weighted by Crippen LogP contribution is 2.52. The molecule has 1 aromatic carbocycles. The first-order valence-corrected chi connectivity index (χ1v) is 23.0. The molecule has 3 heterocycles. The van der Waals surface area contributed by atoms with Gasteiger partial charge in [-0.25, -0.2) is 32.0 Å². The normalized spacial score (nSPS) is 32.4. The predicted octanol–water partition coefficient (Wildman–Crippen LogP) is 4.80. The summed E-state index contributed by atoms with van der Waals surface area (Å²) in [6.45, 7) is 5.15. The first kappa shape index (κ1) is 42.3. The number of aromatic nitrogens is 2. The lowest BCUT2D eigenvalue weighted by Crippen LogP contribution is -2.60. The molecule has 9 atom stereocenters. The van der Waals surface area contributed by atoms with Crippen LogP contribution in [-0.2, 0) is 35.6 Å². The van der Waals surface area contributed by atoms with Crippen LogP contribution in [0.4, 0.5) is 13.6 Å². The zero-order valence-corrected chi connectivity index (χ0v) is 35.4. The van der Waals surface area contributed by atoms with E-state index in [1.165, 1.54) is 4.90 Å². The quantitative estimate of drug-likeness (QED) is 0.346. The molecule has 0 spiro atoms. The van der Waals surface area contributed by atoms with Crippen molar-refractivity contribution in [3.8, 4) is 11.6 Å². The van der Waals surface area contributed by atoms with E-state index < -0.39 is 87.0 Å². The van der Waals surface area contributed by atoms with E-state index in [2.05, 4.69) is 10.6 Å². The van der Waals surface area contributed by atoms with Crippen molar-refractivity contribution in [1.29, 1.82) is 0 Å². The van der Waals surface area contributed by atoms with Crippen molar-refractivity contribution in [2.45, 2.75) is 146 Å². The summed E-state index contributed by atoms with van der Waals surface area (Å²) in [6.07, 6.45) is 3.36. The SMILES string of the molecule is COc1ccc2nc3c(nc2c1)O[C@@H]1C[C@@H](C(=O)N[C@]2(C(=O)NS(=O)(=O)C4CC4)C[C@H]2C(F)F)N(C1)C(=O)[C@H](C(C)(C)C)NC(=O)O[C@@H]1[C@H]2CC[C@H](C2)[C@H]1CCCCCC3. The lowest BCUT2D eigenvalue weighted by Gasteiger charge is -2.36. The van der Waals surface area contributed by atoms with Gasteiger partial charge in [0.25, 0.3) is 5.91 Å². The van der Waals surface area contributed by atoms with Crippen molar-refractivity contribution in [3.05, 3.63) is 23.9 Å². The Hall–Kier alpha value is -4.35. The van der Waals surface area contributed by atoms with Gasteiger partial charge in [0.1, 0.15) is 41.3 Å². The number of carbonyl (C=O) groups is 4. The van der Waals surface area contributed by atoms with E-state index in [0.29, 0.717) is 47.7 Å². The molecule has 2 aromatic rings. The van der Waals surface area contributed by atoms with E-state index in [4.69, 9.17) is 24.2 Å². The standard InChI is InChI=1S/C42H56F2N6O9S/c1-41(2,3)34-38(52)50-21-25(19-32(50)36(51)48-42(20-28(42)35(43)44)39(53)49-60(55,56)26-14-15-26)58-37-30(45-29-16-13-24(57-4)18-31(29)46-37)10-8-6-5-7-9-27-22-11-12-23(17-22)33(27)59-40(54)47-34/h13,16,18,22-23,25-28,32-35H,5-12,14-15,17,19-21H2,1-4H3,(H,47,54)(H,48,51)(H,49,53)/t22-,23+,25-,27-,28+,32+,33-,34-,42-/m1/s1. The minimum Gasteiger partial charge on any atom is -0.497 e. The van der Waals surface area contributed by atoms with Gasteiger partial charge in [0, 0.05) is 12.5 Å². The van der Waals surface area contributed by atoms with Crippen molar-refractivity contribution in [3.63, 3.8) is 0 Å². The third-order valence-corrected chi connectivity index (χ3v) is 15.4. The summed E-state index contributed by atoms with van der Waals surface area (Å²) in [7, 11) is -2.60. The van der Waals surface area contributed by atoms with Crippen LogP contribution in [0.25, 0.3) is 11.0 Å². The molecule has 2 aliphatic heterocycles. The van der Waals surface area contributed by atoms with Crippen LogP contribution in [0.5, 0.6) is 11.6 Å². The maximum atomic E-state index is 14.9. The summed E-state index contributed by atoms with van der Waals surface area (Å²) in [5.41, 5.74) is -1.38. The van der Waals surface area contributed by atoms with E-state index in [1.807, 2.05) is 10.8 Å². The van der Waals surface area contributed by atoms with E-state index in [9.17, 15) is 36.4 Å². The third-order valence-electron chi connectivity index (χ3n) is 13.6. The predicted molar refractivity (Wildman–Crippen MR) is 213 cm³/mol. The zero-order valence-electron chi connectivity index (χ0n) is 34.6. The number of benzene rings is 1. The summed E-state index contributed by atoms with van der Waals surface area (Å²) in [6, 6.07) is 2.77. The number of halogens is 2. The molecule has 3 N–H and O–H groups in total. The van der Waals surface area contributed by atoms with E-state index in [0.717, 1.165) is 51.4 Å². The molecule has 8 rings (SSSR count). The van der Waals surface area contributed by atoms with Gasteiger partial charge in [0.15, 0.2) is 0 Å². The summed E-state index contributed by atoms with van der Waals surface area (Å²) in [5, 5.41) is 4.49. The summed E-state index contributed by atoms with van der Waals surface area (Å²) < 4.78 is 74.1. The smallest absolute Gasteiger partial charge is 0.408 e. The highest BCUT2D eigenvalue weighted by Gasteiger charge is 2.67. The molecule has 1 aromatic heterocycles. The van der Waals surface area contributed by atoms with Gasteiger partial charge >= 0.3 is 6.09 Å². The van der Waals surface area contributed by atoms with Crippen LogP contribution < -0.4 is 24.8 Å². The largest absolute Gasteiger partial charge is 0.497 e. The number of alkyl carbamates (subject to hydrolysis) is 1. The topological polar surface area (TPSA) is 195 Å². The Bertz CT molecular complexity index is 2130. The number of alkyl halides is 2. The number of hydrogen-bond donors (Lipinski definition) is 3. The van der Waals surface area contributed by atoms with E-state index >= 15 is 0 Å². The Morgan fingerprint density at radius 1 is 0.983 bits per heavy atom. The third kappa shape index (κ3) is 8.45. The molecule has 4 amide bonds. The number of carbonyl (C=O) groups excluding carboxylic acids is 4. The molecular formula is C42H56F2N6O9S. The molecule has 5 fully saturated rings. The maximum Gasteiger partial charge on any atom is 0.408 e. The fourth-order valence-corrected chi connectivity index (χ4v) is 11.4. The fraction of sp³-hybridized carbons (Fsp3) is 0.714. The van der Waals surface area contributed by atoms with Gasteiger partial charge in [-0.05, 0) is 93.1 Å². The number of rotatable bonds is 7. The van der Waals surface area contributed by atoms with Crippen LogP contribution >= 0.6 is 0 Å². The Morgan fingerprint density at radius 3 is 2.43 bits per heavy atom. The van der Waals surface area contributed by atoms with Gasteiger partial charge in [0.05, 0.1) is 35.9 Å². The van der Waals surface area contributed by atoms with Crippen molar-refractivity contribution in [2.24, 2.45) is 29.1 Å². The van der Waals surface area contributed by atoms with Gasteiger partial charge in [-0.1, -0.05) is 40.0 Å². The van der Waals surface area contributed by atoms with Crippen LogP contribution in [0.3, 0.4) is 0 Å². The minimum absolute atomic E-state index is 0.139. The molecular weight excluding hydrogens is 803 g/mol. The number of aryl methyl sites for hydroxylation is 1. The number of nitrogens with zero attached hydrogens (tertiary/aromatic N) is 3. The van der Waals surface area contributed by atoms with Crippen LogP contribution in [-0.4, -0.2) is 102 Å². The van der Waals surface area contributed by atoms with Crippen LogP contribution in [0.1, 0.15) is 104 Å². The second-order valence-corrected chi connectivity index (χ2v) is 20.8. The molecule has 6 aliphatic rings. The summed E-state index contributed by atoms with van der Waals surface area (Å²) in [5.74, 6) is -2.75. The van der Waals surface area contributed by atoms with Crippen LogP contribution in [0.2, 0.25) is 0 Å². The Morgan fingerprint density at radius 2 is 1.73 bits per heavy atom. The van der Waals surface area contributed by atoms with Gasteiger partial charge in [-0.2, -0.15) is 0 Å². The highest BCUT2D eigenvalue weighted by atomic mass is 32.2. The molecule has 4 aliphatic carbocycles. The van der Waals surface area contributed by atoms with Gasteiger partial charge in [0.2, 0.25) is 34.1 Å². The first-order chi connectivity index (χ1) is 28.5. The Kier molecular flexibility index (Phi) is 11.4. The summed E-state index contributed by atoms with van der Waals surface area (Å²) in [4.78, 5) is 67.6. The van der Waals surface area contributed by atoms with Crippen molar-refractivity contribution >= 4 is 44.9 Å². The average Bonchev–Trinajstić information content (AvgIpc) is 4.05. The molecule has 60 heavy (non-hydrogen) atoms. The number of methoxy groups -OCH3 is 1. The van der Waals surface area contributed by atoms with Gasteiger partial charge < -0.3 is 29.7 Å². The van der Waals surface area contributed by atoms with Crippen LogP contribution in [0.15, 0.2) is 18.2 Å². The highest BCUT2D eigenvalue weighted by molar-refractivity contribution is 7.91. The lowest BCUT2D eigenvalue weighted by molar-refractivity contribution is -0.143. The monoisotopic (exact) mass is 858 g/mol. The molecule has 1 saturated heterocycles. The number of amides is 4. The maximum absolute atomic E-state index is 14.9. The minimum atomic E-state index is -4.14. The number of nitrogens with one attached hydrogen (secondary N) is 3. The van der Waals surface area contributed by atoms with Crippen molar-refractivity contribution < 1.29 is 50.6 Å². The number of ether oxygens (including phenoxy) is 3. The van der Waals surface area contributed by atoms with Gasteiger partial charge in [-0.15, -0.1) is 0 Å². The zero-order chi connectivity index (χ0) is 42.7. The molecule has 18 heteroatoms. The molecule has 328 valence electrons. The van der Waals surface area contributed by atoms with E-state index in [1.54, 1.807) is 40.0 Å². The summed E-state index contributed by atoms with van der Waals surface area (Å²) >= 11 is 0. The number of fused-ring (bicyclic) bond motifs is 9. The Balaban J connectivity index is 1.13. The Labute approximate surface area is 348 Å². The average molecular weight is 859 g/mol. The molecule has 4 bridgehead atoms. The van der Waals surface area contributed by atoms with Gasteiger partial charge in [-0.3, -0.25) is 19.1 Å². The van der Waals surface area contributed by atoms with Crippen molar-refractivity contribution in [2.75, 3.05) is 13.7 Å². The number of hydrogen-bond acceptors (Lipinski definition) is 11. The number of sulfonamides is 1. The van der Waals surface area contributed by atoms with Crippen LogP contribution in [0, 0.1) is 29.1 Å². The van der Waals surface area contributed by atoms with Crippen molar-refractivity contribution in [1.82, 2.24) is 30.2 Å². The molecule has 0 unspecified atom stereocenters. The lowest BCUT2D eigenvalue weighted by atomic mass is 9.82. The van der Waals surface area contributed by atoms with E-state index in [-0.39, 0.29) is 36.8 Å². The first-order valence-electron chi connectivity index (χ1n) is 21.4. The second kappa shape index (κ2) is 16.2. The second-order valence-electron chi connectivity index (χ2n) is 18.9. The fourth-order valence-electron chi connectivity index (χ4n) is 10.1. The molecule has 4 saturated carbocycles.